The van der Waals surface area contributed by atoms with Crippen LogP contribution in [0, 0.1) is 5.92 Å². The van der Waals surface area contributed by atoms with Gasteiger partial charge in [-0.1, -0.05) is 37.0 Å². The Hall–Kier alpha value is -1.46. The molecule has 2 amide bonds. The van der Waals surface area contributed by atoms with Crippen molar-refractivity contribution < 1.29 is 14.7 Å². The van der Waals surface area contributed by atoms with Gasteiger partial charge >= 0.3 is 12.0 Å². The molecule has 0 aliphatic rings. The number of urea groups is 1. The van der Waals surface area contributed by atoms with Crippen LogP contribution in [0.25, 0.3) is 0 Å². The summed E-state index contributed by atoms with van der Waals surface area (Å²) in [6.07, 6.45) is 0. The molecule has 5 nitrogen and oxygen atoms in total. The smallest absolute Gasteiger partial charge is 0.337 e. The molecule has 0 aliphatic heterocycles. The number of hydrogen-bond acceptors (Lipinski definition) is 2. The van der Waals surface area contributed by atoms with Gasteiger partial charge < -0.3 is 15.3 Å². The third-order valence-corrected chi connectivity index (χ3v) is 3.29. The van der Waals surface area contributed by atoms with Crippen LogP contribution in [0.2, 0.25) is 10.0 Å². The minimum Gasteiger partial charge on any atom is -0.478 e. The first-order valence-electron chi connectivity index (χ1n) is 6.54. The molecule has 0 saturated carbocycles. The summed E-state index contributed by atoms with van der Waals surface area (Å²) in [6, 6.07) is 2.26. The molecule has 1 aromatic rings. The van der Waals surface area contributed by atoms with Gasteiger partial charge in [0.2, 0.25) is 0 Å². The molecule has 0 atom stereocenters. The molecule has 21 heavy (non-hydrogen) atoms. The molecule has 2 N–H and O–H groups in total. The summed E-state index contributed by atoms with van der Waals surface area (Å²) in [6.45, 7) is 6.92. The van der Waals surface area contributed by atoms with Crippen LogP contribution < -0.4 is 5.32 Å². The lowest BCUT2D eigenvalue weighted by atomic mass is 10.1. The molecule has 1 aromatic carbocycles. The number of rotatable bonds is 5. The Morgan fingerprint density at radius 2 is 1.95 bits per heavy atom. The molecule has 0 aromatic heterocycles. The SMILES string of the molecule is CCN(CC(C)C)C(=O)Nc1c(Cl)cc(Cl)cc1C(=O)O. The number of carboxylic acids is 1. The van der Waals surface area contributed by atoms with Crippen LogP contribution in [0.15, 0.2) is 12.1 Å². The maximum absolute atomic E-state index is 12.2. The van der Waals surface area contributed by atoms with Crippen LogP contribution in [0.1, 0.15) is 31.1 Å². The summed E-state index contributed by atoms with van der Waals surface area (Å²) in [5.41, 5.74) is -0.0813. The first-order chi connectivity index (χ1) is 9.76. The number of benzene rings is 1. The predicted octanol–water partition coefficient (Wildman–Crippen LogP) is 4.20. The fourth-order valence-corrected chi connectivity index (χ4v) is 2.39. The Kier molecular flexibility index (Phi) is 6.30. The minimum absolute atomic E-state index is 0.0563. The Bertz CT molecular complexity index is 547. The third kappa shape index (κ3) is 4.79. The van der Waals surface area contributed by atoms with Crippen molar-refractivity contribution in [1.82, 2.24) is 4.90 Å². The number of nitrogens with one attached hydrogen (secondary N) is 1. The molecule has 7 heteroatoms. The van der Waals surface area contributed by atoms with E-state index in [0.717, 1.165) is 0 Å². The van der Waals surface area contributed by atoms with E-state index < -0.39 is 12.0 Å². The lowest BCUT2D eigenvalue weighted by Gasteiger charge is -2.24. The van der Waals surface area contributed by atoms with Gasteiger partial charge in [0.25, 0.3) is 0 Å². The average molecular weight is 333 g/mol. The van der Waals surface area contributed by atoms with Gasteiger partial charge in [-0.25, -0.2) is 9.59 Å². The number of carboxylic acid groups (broad SMARTS) is 1. The van der Waals surface area contributed by atoms with E-state index in [2.05, 4.69) is 5.32 Å². The first kappa shape index (κ1) is 17.6. The van der Waals surface area contributed by atoms with Crippen molar-refractivity contribution in [3.8, 4) is 0 Å². The molecule has 0 aliphatic carbocycles. The molecule has 0 bridgehead atoms. The fourth-order valence-electron chi connectivity index (χ4n) is 1.85. The highest BCUT2D eigenvalue weighted by Gasteiger charge is 2.20. The molecule has 0 saturated heterocycles. The monoisotopic (exact) mass is 332 g/mol. The Morgan fingerprint density at radius 1 is 1.33 bits per heavy atom. The number of carbonyl (C=O) groups excluding carboxylic acids is 1. The van der Waals surface area contributed by atoms with Crippen molar-refractivity contribution in [3.63, 3.8) is 0 Å². The molecule has 0 heterocycles. The molecule has 1 rings (SSSR count). The van der Waals surface area contributed by atoms with Crippen molar-refractivity contribution >= 4 is 40.9 Å². The van der Waals surface area contributed by atoms with E-state index in [0.29, 0.717) is 19.0 Å². The number of anilines is 1. The van der Waals surface area contributed by atoms with Crippen molar-refractivity contribution in [1.29, 1.82) is 0 Å². The summed E-state index contributed by atoms with van der Waals surface area (Å²) >= 11 is 11.8. The maximum atomic E-state index is 12.2. The van der Waals surface area contributed by atoms with Gasteiger partial charge in [0.05, 0.1) is 16.3 Å². The Balaban J connectivity index is 3.06. The second kappa shape index (κ2) is 7.52. The van der Waals surface area contributed by atoms with E-state index in [4.69, 9.17) is 23.2 Å². The Morgan fingerprint density at radius 3 is 2.43 bits per heavy atom. The summed E-state index contributed by atoms with van der Waals surface area (Å²) in [5.74, 6) is -0.906. The van der Waals surface area contributed by atoms with E-state index in [1.54, 1.807) is 4.90 Å². The van der Waals surface area contributed by atoms with Gasteiger partial charge in [0, 0.05) is 18.1 Å². The summed E-state index contributed by atoms with van der Waals surface area (Å²) in [4.78, 5) is 25.0. The lowest BCUT2D eigenvalue weighted by molar-refractivity contribution is 0.0698. The minimum atomic E-state index is -1.21. The second-order valence-electron chi connectivity index (χ2n) is 4.98. The van der Waals surface area contributed by atoms with Gasteiger partial charge in [0.15, 0.2) is 0 Å². The zero-order chi connectivity index (χ0) is 16.2. The molecular formula is C14H18Cl2N2O3. The number of aromatic carboxylic acids is 1. The average Bonchev–Trinajstić information content (AvgIpc) is 2.37. The van der Waals surface area contributed by atoms with Gasteiger partial charge in [-0.3, -0.25) is 0 Å². The van der Waals surface area contributed by atoms with E-state index >= 15 is 0 Å². The van der Waals surface area contributed by atoms with Gasteiger partial charge in [-0.15, -0.1) is 0 Å². The number of halogens is 2. The highest BCUT2D eigenvalue weighted by molar-refractivity contribution is 6.37. The standard InChI is InChI=1S/C14H18Cl2N2O3/c1-4-18(7-8(2)3)14(21)17-12-10(13(19)20)5-9(15)6-11(12)16/h5-6,8H,4,7H2,1-3H3,(H,17,21)(H,19,20). The zero-order valence-corrected chi connectivity index (χ0v) is 13.6. The molecule has 0 unspecified atom stereocenters. The number of amides is 2. The van der Waals surface area contributed by atoms with E-state index in [9.17, 15) is 14.7 Å². The Labute approximate surface area is 133 Å². The second-order valence-corrected chi connectivity index (χ2v) is 5.82. The van der Waals surface area contributed by atoms with E-state index in [-0.39, 0.29) is 21.3 Å². The number of carbonyl (C=O) groups is 2. The molecular weight excluding hydrogens is 315 g/mol. The topological polar surface area (TPSA) is 69.6 Å². The molecule has 0 radical (unpaired) electrons. The van der Waals surface area contributed by atoms with Crippen molar-refractivity contribution in [2.75, 3.05) is 18.4 Å². The van der Waals surface area contributed by atoms with Gasteiger partial charge in [-0.2, -0.15) is 0 Å². The molecule has 116 valence electrons. The fraction of sp³-hybridized carbons (Fsp3) is 0.429. The van der Waals surface area contributed by atoms with E-state index in [1.807, 2.05) is 20.8 Å². The summed E-state index contributed by atoms with van der Waals surface area (Å²) in [7, 11) is 0. The van der Waals surface area contributed by atoms with Crippen molar-refractivity contribution in [3.05, 3.63) is 27.7 Å². The van der Waals surface area contributed by atoms with Crippen LogP contribution in [0.5, 0.6) is 0 Å². The van der Waals surface area contributed by atoms with Crippen LogP contribution in [-0.4, -0.2) is 35.1 Å². The highest BCUT2D eigenvalue weighted by atomic mass is 35.5. The van der Waals surface area contributed by atoms with Crippen molar-refractivity contribution in [2.45, 2.75) is 20.8 Å². The molecule has 0 spiro atoms. The predicted molar refractivity (Wildman–Crippen MR) is 84.5 cm³/mol. The number of nitrogens with zero attached hydrogens (tertiary/aromatic N) is 1. The lowest BCUT2D eigenvalue weighted by Crippen LogP contribution is -2.37. The number of hydrogen-bond donors (Lipinski definition) is 2. The molecule has 0 fully saturated rings. The van der Waals surface area contributed by atoms with Gasteiger partial charge in [0.1, 0.15) is 0 Å². The maximum Gasteiger partial charge on any atom is 0.337 e. The normalized spacial score (nSPS) is 10.6. The largest absolute Gasteiger partial charge is 0.478 e. The first-order valence-corrected chi connectivity index (χ1v) is 7.30. The summed E-state index contributed by atoms with van der Waals surface area (Å²) < 4.78 is 0. The summed E-state index contributed by atoms with van der Waals surface area (Å²) in [5, 5.41) is 12.0. The zero-order valence-electron chi connectivity index (χ0n) is 12.1. The van der Waals surface area contributed by atoms with Gasteiger partial charge in [-0.05, 0) is 25.0 Å². The van der Waals surface area contributed by atoms with Crippen molar-refractivity contribution in [2.24, 2.45) is 5.92 Å². The van der Waals surface area contributed by atoms with Crippen LogP contribution >= 0.6 is 23.2 Å². The highest BCUT2D eigenvalue weighted by Crippen LogP contribution is 2.30. The van der Waals surface area contributed by atoms with Crippen LogP contribution in [0.4, 0.5) is 10.5 Å². The van der Waals surface area contributed by atoms with Crippen LogP contribution in [-0.2, 0) is 0 Å². The van der Waals surface area contributed by atoms with E-state index in [1.165, 1.54) is 12.1 Å². The third-order valence-electron chi connectivity index (χ3n) is 2.77. The van der Waals surface area contributed by atoms with Crippen LogP contribution in [0.3, 0.4) is 0 Å². The quantitative estimate of drug-likeness (QED) is 0.848.